The summed E-state index contributed by atoms with van der Waals surface area (Å²) in [5, 5.41) is 13.1. The SMILES string of the molecule is OC(CNC1CCCCC1)COc1cnsn1. The molecule has 1 saturated carbocycles. The topological polar surface area (TPSA) is 67.3 Å². The number of nitrogens with one attached hydrogen (secondary N) is 1. The largest absolute Gasteiger partial charge is 0.473 e. The molecule has 1 fully saturated rings. The van der Waals surface area contributed by atoms with Gasteiger partial charge in [0.15, 0.2) is 0 Å². The highest BCUT2D eigenvalue weighted by molar-refractivity contribution is 6.99. The molecule has 1 aliphatic carbocycles. The molecule has 0 saturated heterocycles. The van der Waals surface area contributed by atoms with E-state index in [4.69, 9.17) is 4.74 Å². The summed E-state index contributed by atoms with van der Waals surface area (Å²) < 4.78 is 13.0. The molecule has 1 unspecified atom stereocenters. The average Bonchev–Trinajstić information content (AvgIpc) is 2.88. The highest BCUT2D eigenvalue weighted by Gasteiger charge is 2.14. The predicted octanol–water partition coefficient (Wildman–Crippen LogP) is 1.20. The second-order valence-electron chi connectivity index (χ2n) is 4.45. The van der Waals surface area contributed by atoms with Crippen LogP contribution >= 0.6 is 11.7 Å². The summed E-state index contributed by atoms with van der Waals surface area (Å²) in [6, 6.07) is 0.569. The van der Waals surface area contributed by atoms with Gasteiger partial charge in [-0.1, -0.05) is 19.3 Å². The number of hydrogen-bond donors (Lipinski definition) is 2. The first-order valence-electron chi connectivity index (χ1n) is 6.16. The van der Waals surface area contributed by atoms with Crippen LogP contribution in [0.25, 0.3) is 0 Å². The van der Waals surface area contributed by atoms with Gasteiger partial charge in [-0.3, -0.25) is 0 Å². The number of aliphatic hydroxyl groups excluding tert-OH is 1. The third-order valence-electron chi connectivity index (χ3n) is 3.01. The molecular formula is C11H19N3O2S. The Morgan fingerprint density at radius 2 is 2.29 bits per heavy atom. The summed E-state index contributed by atoms with van der Waals surface area (Å²) in [7, 11) is 0. The van der Waals surface area contributed by atoms with Gasteiger partial charge in [-0.25, -0.2) is 0 Å². The first kappa shape index (κ1) is 12.7. The maximum absolute atomic E-state index is 9.75. The summed E-state index contributed by atoms with van der Waals surface area (Å²) in [4.78, 5) is 0. The monoisotopic (exact) mass is 257 g/mol. The Bertz CT molecular complexity index is 302. The highest BCUT2D eigenvalue weighted by atomic mass is 32.1. The minimum atomic E-state index is -0.487. The van der Waals surface area contributed by atoms with Gasteiger partial charge in [-0.2, -0.15) is 4.37 Å². The Balaban J connectivity index is 1.58. The van der Waals surface area contributed by atoms with Crippen molar-refractivity contribution >= 4 is 11.7 Å². The van der Waals surface area contributed by atoms with Gasteiger partial charge in [0.05, 0.1) is 11.7 Å². The van der Waals surface area contributed by atoms with Crippen molar-refractivity contribution in [3.05, 3.63) is 6.20 Å². The maximum atomic E-state index is 9.75. The van der Waals surface area contributed by atoms with E-state index in [9.17, 15) is 5.11 Å². The van der Waals surface area contributed by atoms with Crippen LogP contribution in [0.4, 0.5) is 0 Å². The minimum Gasteiger partial charge on any atom is -0.473 e. The molecule has 1 aliphatic rings. The maximum Gasteiger partial charge on any atom is 0.245 e. The standard InChI is InChI=1S/C11H19N3O2S/c15-10(8-16-11-7-13-17-14-11)6-12-9-4-2-1-3-5-9/h7,9-10,12,15H,1-6,8H2. The number of ether oxygens (including phenoxy) is 1. The van der Waals surface area contributed by atoms with Crippen LogP contribution in [0, 0.1) is 0 Å². The quantitative estimate of drug-likeness (QED) is 0.801. The molecule has 0 spiro atoms. The van der Waals surface area contributed by atoms with Crippen LogP contribution in [0.15, 0.2) is 6.20 Å². The van der Waals surface area contributed by atoms with Crippen molar-refractivity contribution in [3.8, 4) is 5.88 Å². The van der Waals surface area contributed by atoms with E-state index >= 15 is 0 Å². The van der Waals surface area contributed by atoms with Crippen molar-refractivity contribution in [2.24, 2.45) is 0 Å². The van der Waals surface area contributed by atoms with Gasteiger partial charge < -0.3 is 15.2 Å². The molecule has 6 heteroatoms. The van der Waals surface area contributed by atoms with Crippen molar-refractivity contribution in [2.75, 3.05) is 13.2 Å². The van der Waals surface area contributed by atoms with Crippen molar-refractivity contribution in [2.45, 2.75) is 44.2 Å². The highest BCUT2D eigenvalue weighted by Crippen LogP contribution is 2.17. The Morgan fingerprint density at radius 3 is 3.00 bits per heavy atom. The molecule has 0 aliphatic heterocycles. The Morgan fingerprint density at radius 1 is 1.47 bits per heavy atom. The van der Waals surface area contributed by atoms with E-state index in [0.717, 1.165) is 11.7 Å². The number of nitrogens with zero attached hydrogens (tertiary/aromatic N) is 2. The lowest BCUT2D eigenvalue weighted by atomic mass is 9.95. The molecule has 0 aromatic carbocycles. The van der Waals surface area contributed by atoms with Crippen LogP contribution < -0.4 is 10.1 Å². The van der Waals surface area contributed by atoms with Crippen LogP contribution in [0.2, 0.25) is 0 Å². The van der Waals surface area contributed by atoms with Gasteiger partial charge in [-0.05, 0) is 12.8 Å². The van der Waals surface area contributed by atoms with Gasteiger partial charge in [0.25, 0.3) is 0 Å². The van der Waals surface area contributed by atoms with E-state index in [1.54, 1.807) is 6.20 Å². The fourth-order valence-electron chi connectivity index (χ4n) is 2.07. The third kappa shape index (κ3) is 4.57. The van der Waals surface area contributed by atoms with Gasteiger partial charge in [-0.15, -0.1) is 4.37 Å². The second-order valence-corrected chi connectivity index (χ2v) is 5.01. The molecule has 2 rings (SSSR count). The van der Waals surface area contributed by atoms with Gasteiger partial charge >= 0.3 is 0 Å². The molecule has 2 N–H and O–H groups in total. The second kappa shape index (κ2) is 6.88. The van der Waals surface area contributed by atoms with E-state index in [-0.39, 0.29) is 6.61 Å². The zero-order valence-electron chi connectivity index (χ0n) is 9.84. The smallest absolute Gasteiger partial charge is 0.245 e. The molecule has 5 nitrogen and oxygen atoms in total. The van der Waals surface area contributed by atoms with Crippen LogP contribution in [0.1, 0.15) is 32.1 Å². The van der Waals surface area contributed by atoms with Crippen molar-refractivity contribution < 1.29 is 9.84 Å². The molecule has 0 amide bonds. The Labute approximate surface area is 106 Å². The summed E-state index contributed by atoms with van der Waals surface area (Å²) in [6.45, 7) is 0.855. The third-order valence-corrected chi connectivity index (χ3v) is 3.47. The lowest BCUT2D eigenvalue weighted by molar-refractivity contribution is 0.0998. The first-order chi connectivity index (χ1) is 8.34. The minimum absolute atomic E-state index is 0.269. The van der Waals surface area contributed by atoms with Crippen LogP contribution in [0.3, 0.4) is 0 Å². The number of aliphatic hydroxyl groups is 1. The summed E-state index contributed by atoms with van der Waals surface area (Å²) in [6.07, 6.45) is 7.47. The first-order valence-corrected chi connectivity index (χ1v) is 6.89. The Kier molecular flexibility index (Phi) is 5.15. The van der Waals surface area contributed by atoms with Crippen LogP contribution in [-0.2, 0) is 0 Å². The normalized spacial score (nSPS) is 19.1. The molecule has 0 bridgehead atoms. The zero-order valence-corrected chi connectivity index (χ0v) is 10.7. The molecular weight excluding hydrogens is 238 g/mol. The van der Waals surface area contributed by atoms with Crippen molar-refractivity contribution in [1.82, 2.24) is 14.1 Å². The van der Waals surface area contributed by atoms with Gasteiger partial charge in [0.1, 0.15) is 18.9 Å². The summed E-state index contributed by atoms with van der Waals surface area (Å²) >= 11 is 1.11. The van der Waals surface area contributed by atoms with E-state index in [2.05, 4.69) is 14.1 Å². The van der Waals surface area contributed by atoms with Crippen LogP contribution in [-0.4, -0.2) is 39.2 Å². The van der Waals surface area contributed by atoms with E-state index in [0.29, 0.717) is 18.5 Å². The molecule has 96 valence electrons. The fraction of sp³-hybridized carbons (Fsp3) is 0.818. The van der Waals surface area contributed by atoms with E-state index in [1.165, 1.54) is 32.1 Å². The predicted molar refractivity (Wildman–Crippen MR) is 66.3 cm³/mol. The van der Waals surface area contributed by atoms with Gasteiger partial charge in [0.2, 0.25) is 5.88 Å². The van der Waals surface area contributed by atoms with Crippen molar-refractivity contribution in [3.63, 3.8) is 0 Å². The summed E-state index contributed by atoms with van der Waals surface area (Å²) in [5.41, 5.74) is 0. The van der Waals surface area contributed by atoms with E-state index in [1.807, 2.05) is 0 Å². The summed E-state index contributed by atoms with van der Waals surface area (Å²) in [5.74, 6) is 0.492. The molecule has 1 aromatic rings. The van der Waals surface area contributed by atoms with Gasteiger partial charge in [0, 0.05) is 12.6 Å². The zero-order chi connectivity index (χ0) is 11.9. The number of rotatable bonds is 6. The fourth-order valence-corrected chi connectivity index (χ4v) is 2.43. The number of aromatic nitrogens is 2. The Hall–Kier alpha value is -0.720. The molecule has 17 heavy (non-hydrogen) atoms. The molecule has 1 atom stereocenters. The van der Waals surface area contributed by atoms with E-state index < -0.39 is 6.10 Å². The lowest BCUT2D eigenvalue weighted by Gasteiger charge is -2.24. The molecule has 0 radical (unpaired) electrons. The number of hydrogen-bond acceptors (Lipinski definition) is 6. The lowest BCUT2D eigenvalue weighted by Crippen LogP contribution is -2.38. The van der Waals surface area contributed by atoms with Crippen molar-refractivity contribution in [1.29, 1.82) is 0 Å². The molecule has 1 heterocycles. The average molecular weight is 257 g/mol. The van der Waals surface area contributed by atoms with Crippen LogP contribution in [0.5, 0.6) is 5.88 Å². The molecule has 1 aromatic heterocycles.